The van der Waals surface area contributed by atoms with E-state index in [0.29, 0.717) is 6.10 Å². The number of aromatic nitrogens is 3. The number of ether oxygens (including phenoxy) is 1. The fourth-order valence-electron chi connectivity index (χ4n) is 3.54. The number of aromatic amines is 1. The van der Waals surface area contributed by atoms with Gasteiger partial charge in [-0.2, -0.15) is 0 Å². The molecule has 1 saturated heterocycles. The molecule has 1 unspecified atom stereocenters. The Kier molecular flexibility index (Phi) is 3.01. The van der Waals surface area contributed by atoms with Gasteiger partial charge in [0.05, 0.1) is 18.0 Å². The number of H-pyrrole nitrogens is 1. The summed E-state index contributed by atoms with van der Waals surface area (Å²) in [6.07, 6.45) is 11.9. The van der Waals surface area contributed by atoms with Crippen LogP contribution in [-0.4, -0.2) is 40.8 Å². The average molecular weight is 308 g/mol. The Labute approximate surface area is 134 Å². The molecule has 0 aromatic carbocycles. The summed E-state index contributed by atoms with van der Waals surface area (Å²) in [7, 11) is 0. The lowest BCUT2D eigenvalue weighted by Crippen LogP contribution is -2.23. The summed E-state index contributed by atoms with van der Waals surface area (Å²) in [5.74, 6) is 0.828. The first-order valence-electron chi connectivity index (χ1n) is 8.45. The standard InChI is InChI=1S/C18H20N4O/c1-2-12(1)11-23-14-4-6-22(10-14)16-9-19-7-13-8-21-18-15(17(13)16)3-5-20-18/h3,5,7-9,12,14H,1-2,4,6,10-11H2,(H,20,21). The van der Waals surface area contributed by atoms with E-state index in [-0.39, 0.29) is 0 Å². The smallest absolute Gasteiger partial charge is 0.137 e. The summed E-state index contributed by atoms with van der Waals surface area (Å²) in [6, 6.07) is 2.10. The molecule has 1 aliphatic heterocycles. The molecule has 0 bridgehead atoms. The molecular formula is C18H20N4O. The average Bonchev–Trinajstić information content (AvgIpc) is 3.10. The summed E-state index contributed by atoms with van der Waals surface area (Å²) in [5.41, 5.74) is 2.14. The van der Waals surface area contributed by atoms with Crippen LogP contribution in [0.25, 0.3) is 21.8 Å². The quantitative estimate of drug-likeness (QED) is 0.804. The van der Waals surface area contributed by atoms with Crippen molar-refractivity contribution in [3.05, 3.63) is 30.9 Å². The van der Waals surface area contributed by atoms with Gasteiger partial charge in [0.2, 0.25) is 0 Å². The van der Waals surface area contributed by atoms with Crippen molar-refractivity contribution in [2.45, 2.75) is 25.4 Å². The lowest BCUT2D eigenvalue weighted by molar-refractivity contribution is 0.0605. The number of hydrogen-bond donors (Lipinski definition) is 1. The lowest BCUT2D eigenvalue weighted by Gasteiger charge is -2.20. The predicted molar refractivity (Wildman–Crippen MR) is 90.7 cm³/mol. The summed E-state index contributed by atoms with van der Waals surface area (Å²) in [4.78, 5) is 14.5. The van der Waals surface area contributed by atoms with Crippen LogP contribution < -0.4 is 4.90 Å². The zero-order valence-electron chi connectivity index (χ0n) is 13.0. The van der Waals surface area contributed by atoms with Crippen molar-refractivity contribution in [1.29, 1.82) is 0 Å². The Balaban J connectivity index is 1.48. The molecule has 5 nitrogen and oxygen atoms in total. The van der Waals surface area contributed by atoms with E-state index in [2.05, 4.69) is 25.9 Å². The molecule has 0 spiro atoms. The van der Waals surface area contributed by atoms with Crippen LogP contribution in [0.5, 0.6) is 0 Å². The minimum absolute atomic E-state index is 0.356. The van der Waals surface area contributed by atoms with Gasteiger partial charge in [-0.3, -0.25) is 4.98 Å². The zero-order chi connectivity index (χ0) is 15.2. The third-order valence-corrected chi connectivity index (χ3v) is 5.03. The molecule has 2 aliphatic rings. The number of rotatable bonds is 4. The maximum absolute atomic E-state index is 6.08. The van der Waals surface area contributed by atoms with E-state index in [4.69, 9.17) is 4.74 Å². The van der Waals surface area contributed by atoms with Crippen molar-refractivity contribution in [3.63, 3.8) is 0 Å². The topological polar surface area (TPSA) is 54.0 Å². The normalized spacial score (nSPS) is 21.6. The van der Waals surface area contributed by atoms with Gasteiger partial charge in [0.1, 0.15) is 5.65 Å². The van der Waals surface area contributed by atoms with E-state index in [9.17, 15) is 0 Å². The number of fused-ring (bicyclic) bond motifs is 3. The van der Waals surface area contributed by atoms with Crippen molar-refractivity contribution >= 4 is 27.5 Å². The van der Waals surface area contributed by atoms with E-state index in [0.717, 1.165) is 43.1 Å². The fraction of sp³-hybridized carbons (Fsp3) is 0.444. The number of nitrogens with zero attached hydrogens (tertiary/aromatic N) is 3. The molecule has 0 radical (unpaired) electrons. The summed E-state index contributed by atoms with van der Waals surface area (Å²) in [6.45, 7) is 2.93. The SMILES string of the molecule is c1cc2c(ncc3cncc(N4CCC(OCC5CC5)C4)c32)[nH]1. The lowest BCUT2D eigenvalue weighted by atomic mass is 10.1. The van der Waals surface area contributed by atoms with E-state index in [1.807, 2.05) is 24.8 Å². The summed E-state index contributed by atoms with van der Waals surface area (Å²) in [5, 5.41) is 3.51. The monoisotopic (exact) mass is 308 g/mol. The van der Waals surface area contributed by atoms with Crippen LogP contribution in [-0.2, 0) is 4.74 Å². The second-order valence-corrected chi connectivity index (χ2v) is 6.75. The van der Waals surface area contributed by atoms with Gasteiger partial charge in [-0.15, -0.1) is 0 Å². The molecule has 23 heavy (non-hydrogen) atoms. The van der Waals surface area contributed by atoms with Gasteiger partial charge in [0.15, 0.2) is 0 Å². The molecule has 1 atom stereocenters. The van der Waals surface area contributed by atoms with Gasteiger partial charge in [-0.1, -0.05) is 0 Å². The molecule has 3 aromatic heterocycles. The Morgan fingerprint density at radius 1 is 1.22 bits per heavy atom. The highest BCUT2D eigenvalue weighted by Gasteiger charge is 2.28. The van der Waals surface area contributed by atoms with Crippen LogP contribution in [0.3, 0.4) is 0 Å². The molecule has 118 valence electrons. The Bertz CT molecular complexity index is 854. The first-order chi connectivity index (χ1) is 11.4. The van der Waals surface area contributed by atoms with Crippen molar-refractivity contribution < 1.29 is 4.74 Å². The van der Waals surface area contributed by atoms with Crippen molar-refractivity contribution in [2.75, 3.05) is 24.6 Å². The number of hydrogen-bond acceptors (Lipinski definition) is 4. The molecule has 1 saturated carbocycles. The molecule has 1 aliphatic carbocycles. The largest absolute Gasteiger partial charge is 0.376 e. The third-order valence-electron chi connectivity index (χ3n) is 5.03. The Morgan fingerprint density at radius 3 is 3.09 bits per heavy atom. The van der Waals surface area contributed by atoms with Crippen LogP contribution in [0.1, 0.15) is 19.3 Å². The van der Waals surface area contributed by atoms with Gasteiger partial charge in [-0.05, 0) is 31.2 Å². The van der Waals surface area contributed by atoms with E-state index < -0.39 is 0 Å². The first kappa shape index (κ1) is 13.3. The number of anilines is 1. The van der Waals surface area contributed by atoms with Crippen molar-refractivity contribution in [1.82, 2.24) is 15.0 Å². The zero-order valence-corrected chi connectivity index (χ0v) is 13.0. The third kappa shape index (κ3) is 2.36. The van der Waals surface area contributed by atoms with Gasteiger partial charge in [0.25, 0.3) is 0 Å². The van der Waals surface area contributed by atoms with Crippen molar-refractivity contribution in [2.24, 2.45) is 5.92 Å². The van der Waals surface area contributed by atoms with E-state index in [1.165, 1.54) is 29.3 Å². The second kappa shape index (κ2) is 5.20. The number of nitrogens with one attached hydrogen (secondary N) is 1. The van der Waals surface area contributed by atoms with Gasteiger partial charge in [0, 0.05) is 54.4 Å². The maximum atomic E-state index is 6.08. The molecule has 1 N–H and O–H groups in total. The Morgan fingerprint density at radius 2 is 2.17 bits per heavy atom. The minimum Gasteiger partial charge on any atom is -0.376 e. The summed E-state index contributed by atoms with van der Waals surface area (Å²) >= 11 is 0. The van der Waals surface area contributed by atoms with Gasteiger partial charge < -0.3 is 14.6 Å². The minimum atomic E-state index is 0.356. The van der Waals surface area contributed by atoms with E-state index >= 15 is 0 Å². The fourth-order valence-corrected chi connectivity index (χ4v) is 3.54. The predicted octanol–water partition coefficient (Wildman–Crippen LogP) is 3.12. The number of pyridine rings is 2. The highest BCUT2D eigenvalue weighted by Crippen LogP contribution is 2.34. The van der Waals surface area contributed by atoms with Gasteiger partial charge >= 0.3 is 0 Å². The molecule has 2 fully saturated rings. The van der Waals surface area contributed by atoms with Crippen LogP contribution in [0, 0.1) is 5.92 Å². The van der Waals surface area contributed by atoms with Crippen LogP contribution in [0.4, 0.5) is 5.69 Å². The second-order valence-electron chi connectivity index (χ2n) is 6.75. The first-order valence-corrected chi connectivity index (χ1v) is 8.45. The van der Waals surface area contributed by atoms with E-state index in [1.54, 1.807) is 0 Å². The summed E-state index contributed by atoms with van der Waals surface area (Å²) < 4.78 is 6.08. The maximum Gasteiger partial charge on any atom is 0.137 e. The van der Waals surface area contributed by atoms with Crippen LogP contribution in [0.2, 0.25) is 0 Å². The molecular weight excluding hydrogens is 288 g/mol. The van der Waals surface area contributed by atoms with Crippen molar-refractivity contribution in [3.8, 4) is 0 Å². The Hall–Kier alpha value is -2.14. The molecule has 3 aromatic rings. The molecule has 4 heterocycles. The highest BCUT2D eigenvalue weighted by atomic mass is 16.5. The van der Waals surface area contributed by atoms with Gasteiger partial charge in [-0.25, -0.2) is 4.98 Å². The molecule has 5 heteroatoms. The van der Waals surface area contributed by atoms with Crippen LogP contribution in [0.15, 0.2) is 30.9 Å². The molecule has 5 rings (SSSR count). The molecule has 0 amide bonds. The van der Waals surface area contributed by atoms with Crippen LogP contribution >= 0.6 is 0 Å². The highest BCUT2D eigenvalue weighted by molar-refractivity contribution is 6.10.